The van der Waals surface area contributed by atoms with Gasteiger partial charge in [-0.05, 0) is 73.8 Å². The summed E-state index contributed by atoms with van der Waals surface area (Å²) < 4.78 is 39.4. The molecule has 1 aliphatic rings. The van der Waals surface area contributed by atoms with Gasteiger partial charge in [-0.2, -0.15) is 13.2 Å². The average molecular weight is 439 g/mol. The van der Waals surface area contributed by atoms with Gasteiger partial charge in [-0.15, -0.1) is 0 Å². The first-order chi connectivity index (χ1) is 14.4. The third-order valence-corrected chi connectivity index (χ3v) is 6.28. The zero-order valence-corrected chi connectivity index (χ0v) is 18.3. The molecule has 1 aromatic heterocycles. The molecule has 1 aliphatic heterocycles. The first kappa shape index (κ1) is 22.9. The Morgan fingerprint density at radius 3 is 2.67 bits per heavy atom. The number of fused-ring (bicyclic) bond motifs is 1. The SMILES string of the molecule is CC[C@H](CCCCCCc1ccc2c(n1)NCCC2)c1ccc(Cl)c(C(F)(F)F)c1. The van der Waals surface area contributed by atoms with Crippen LogP contribution in [0.1, 0.15) is 80.2 Å². The predicted octanol–water partition coefficient (Wildman–Crippen LogP) is 7.80. The maximum atomic E-state index is 13.1. The summed E-state index contributed by atoms with van der Waals surface area (Å²) in [5.41, 5.74) is 2.45. The zero-order valence-electron chi connectivity index (χ0n) is 17.5. The van der Waals surface area contributed by atoms with Gasteiger partial charge >= 0.3 is 6.18 Å². The summed E-state index contributed by atoms with van der Waals surface area (Å²) in [6.45, 7) is 3.03. The largest absolute Gasteiger partial charge is 0.417 e. The van der Waals surface area contributed by atoms with E-state index in [1.54, 1.807) is 6.07 Å². The molecule has 1 atom stereocenters. The molecule has 0 saturated carbocycles. The van der Waals surface area contributed by atoms with Crippen molar-refractivity contribution in [1.29, 1.82) is 0 Å². The van der Waals surface area contributed by atoms with E-state index in [0.717, 1.165) is 75.0 Å². The van der Waals surface area contributed by atoms with Crippen molar-refractivity contribution in [3.63, 3.8) is 0 Å². The highest BCUT2D eigenvalue weighted by Gasteiger charge is 2.33. The lowest BCUT2D eigenvalue weighted by atomic mass is 9.89. The summed E-state index contributed by atoms with van der Waals surface area (Å²) in [6, 6.07) is 8.67. The standard InChI is InChI=1S/C24H30ClF3N2/c1-2-17(19-12-14-22(25)21(16-19)24(26,27)28)8-5-3-4-6-10-20-13-11-18-9-7-15-29-23(18)30-20/h11-14,16-17H,2-10,15H2,1H3,(H,29,30)/t17-/m1/s1. The van der Waals surface area contributed by atoms with Gasteiger partial charge in [0.05, 0.1) is 10.6 Å². The van der Waals surface area contributed by atoms with Gasteiger partial charge in [0, 0.05) is 12.2 Å². The molecular formula is C24H30ClF3N2. The monoisotopic (exact) mass is 438 g/mol. The number of nitrogens with one attached hydrogen (secondary N) is 1. The molecule has 2 aromatic rings. The summed E-state index contributed by atoms with van der Waals surface area (Å²) in [6.07, 6.45) is 4.85. The highest BCUT2D eigenvalue weighted by molar-refractivity contribution is 6.31. The fraction of sp³-hybridized carbons (Fsp3) is 0.542. The number of alkyl halides is 3. The number of anilines is 1. The van der Waals surface area contributed by atoms with Crippen LogP contribution in [0.25, 0.3) is 0 Å². The molecular weight excluding hydrogens is 409 g/mol. The highest BCUT2D eigenvalue weighted by Crippen LogP contribution is 2.37. The molecule has 1 aromatic carbocycles. The number of rotatable bonds is 9. The van der Waals surface area contributed by atoms with Gasteiger partial charge in [0.15, 0.2) is 0 Å². The quantitative estimate of drug-likeness (QED) is 0.404. The van der Waals surface area contributed by atoms with Gasteiger partial charge in [0.1, 0.15) is 5.82 Å². The van der Waals surface area contributed by atoms with E-state index in [4.69, 9.17) is 16.6 Å². The second-order valence-corrected chi connectivity index (χ2v) is 8.54. The highest BCUT2D eigenvalue weighted by atomic mass is 35.5. The van der Waals surface area contributed by atoms with Crippen LogP contribution in [-0.2, 0) is 19.0 Å². The van der Waals surface area contributed by atoms with Crippen molar-refractivity contribution >= 4 is 17.4 Å². The van der Waals surface area contributed by atoms with Crippen molar-refractivity contribution in [3.8, 4) is 0 Å². The second-order valence-electron chi connectivity index (χ2n) is 8.14. The first-order valence-electron chi connectivity index (χ1n) is 11.0. The van der Waals surface area contributed by atoms with Crippen LogP contribution in [0.4, 0.5) is 19.0 Å². The molecule has 3 rings (SSSR count). The van der Waals surface area contributed by atoms with Gasteiger partial charge in [-0.25, -0.2) is 4.98 Å². The number of unbranched alkanes of at least 4 members (excludes halogenated alkanes) is 3. The van der Waals surface area contributed by atoms with Crippen LogP contribution in [0.5, 0.6) is 0 Å². The fourth-order valence-corrected chi connectivity index (χ4v) is 4.40. The smallest absolute Gasteiger partial charge is 0.370 e. The molecule has 0 bridgehead atoms. The lowest BCUT2D eigenvalue weighted by molar-refractivity contribution is -0.137. The Kier molecular flexibility index (Phi) is 8.04. The third-order valence-electron chi connectivity index (χ3n) is 5.95. The van der Waals surface area contributed by atoms with E-state index < -0.39 is 11.7 Å². The lowest BCUT2D eigenvalue weighted by Gasteiger charge is -2.18. The van der Waals surface area contributed by atoms with Crippen LogP contribution < -0.4 is 5.32 Å². The van der Waals surface area contributed by atoms with Crippen LogP contribution in [0.2, 0.25) is 5.02 Å². The Balaban J connectivity index is 1.43. The average Bonchev–Trinajstić information content (AvgIpc) is 2.73. The number of hydrogen-bond donors (Lipinski definition) is 1. The summed E-state index contributed by atoms with van der Waals surface area (Å²) in [5.74, 6) is 1.18. The van der Waals surface area contributed by atoms with Gasteiger partial charge < -0.3 is 5.32 Å². The van der Waals surface area contributed by atoms with Crippen molar-refractivity contribution in [2.75, 3.05) is 11.9 Å². The van der Waals surface area contributed by atoms with E-state index in [0.29, 0.717) is 0 Å². The Morgan fingerprint density at radius 2 is 1.90 bits per heavy atom. The summed E-state index contributed by atoms with van der Waals surface area (Å²) >= 11 is 5.75. The summed E-state index contributed by atoms with van der Waals surface area (Å²) in [5, 5.41) is 3.15. The topological polar surface area (TPSA) is 24.9 Å². The molecule has 0 spiro atoms. The third kappa shape index (κ3) is 6.13. The second kappa shape index (κ2) is 10.5. The number of hydrogen-bond acceptors (Lipinski definition) is 2. The number of benzene rings is 1. The van der Waals surface area contributed by atoms with E-state index in [-0.39, 0.29) is 10.9 Å². The van der Waals surface area contributed by atoms with Crippen molar-refractivity contribution in [1.82, 2.24) is 4.98 Å². The van der Waals surface area contributed by atoms with E-state index in [2.05, 4.69) is 17.4 Å². The Labute approximate surface area is 182 Å². The molecule has 1 N–H and O–H groups in total. The first-order valence-corrected chi connectivity index (χ1v) is 11.4. The van der Waals surface area contributed by atoms with Gasteiger partial charge in [0.2, 0.25) is 0 Å². The number of aromatic nitrogens is 1. The molecule has 0 aliphatic carbocycles. The van der Waals surface area contributed by atoms with Crippen molar-refractivity contribution in [2.24, 2.45) is 0 Å². The zero-order chi connectivity index (χ0) is 21.6. The van der Waals surface area contributed by atoms with Crippen LogP contribution in [0, 0.1) is 0 Å². The van der Waals surface area contributed by atoms with Crippen LogP contribution in [-0.4, -0.2) is 11.5 Å². The van der Waals surface area contributed by atoms with E-state index in [1.807, 2.05) is 6.92 Å². The minimum atomic E-state index is -4.41. The normalized spacial score (nSPS) is 14.8. The molecule has 0 unspecified atom stereocenters. The molecule has 0 fully saturated rings. The van der Waals surface area contributed by atoms with E-state index >= 15 is 0 Å². The van der Waals surface area contributed by atoms with Gasteiger partial charge in [-0.1, -0.05) is 49.9 Å². The number of nitrogens with zero attached hydrogens (tertiary/aromatic N) is 1. The molecule has 30 heavy (non-hydrogen) atoms. The molecule has 0 saturated heterocycles. The number of halogens is 4. The summed E-state index contributed by atoms with van der Waals surface area (Å²) in [4.78, 5) is 4.73. The number of aryl methyl sites for hydroxylation is 2. The lowest BCUT2D eigenvalue weighted by Crippen LogP contribution is -2.13. The Hall–Kier alpha value is -1.75. The van der Waals surface area contributed by atoms with Crippen LogP contribution >= 0.6 is 11.6 Å². The molecule has 6 heteroatoms. The molecule has 0 radical (unpaired) electrons. The van der Waals surface area contributed by atoms with Crippen LogP contribution in [0.3, 0.4) is 0 Å². The van der Waals surface area contributed by atoms with Crippen molar-refractivity contribution in [3.05, 3.63) is 57.7 Å². The van der Waals surface area contributed by atoms with Crippen molar-refractivity contribution < 1.29 is 13.2 Å². The minimum Gasteiger partial charge on any atom is -0.370 e. The fourth-order valence-electron chi connectivity index (χ4n) is 4.18. The van der Waals surface area contributed by atoms with Gasteiger partial charge in [-0.3, -0.25) is 0 Å². The Morgan fingerprint density at radius 1 is 1.10 bits per heavy atom. The molecule has 2 heterocycles. The molecule has 2 nitrogen and oxygen atoms in total. The van der Waals surface area contributed by atoms with Gasteiger partial charge in [0.25, 0.3) is 0 Å². The maximum Gasteiger partial charge on any atom is 0.417 e. The minimum absolute atomic E-state index is 0.136. The summed E-state index contributed by atoms with van der Waals surface area (Å²) in [7, 11) is 0. The van der Waals surface area contributed by atoms with Crippen LogP contribution in [0.15, 0.2) is 30.3 Å². The van der Waals surface area contributed by atoms with E-state index in [1.165, 1.54) is 24.1 Å². The predicted molar refractivity (Wildman–Crippen MR) is 117 cm³/mol. The Bertz CT molecular complexity index is 836. The maximum absolute atomic E-state index is 13.1. The number of pyridine rings is 1. The van der Waals surface area contributed by atoms with Crippen molar-refractivity contribution in [2.45, 2.75) is 76.8 Å². The molecule has 0 amide bonds. The molecule has 164 valence electrons. The van der Waals surface area contributed by atoms with E-state index in [9.17, 15) is 13.2 Å².